The molecule has 0 aliphatic heterocycles. The number of rotatable bonds is 6. The fraction of sp³-hybridized carbons (Fsp3) is 0.731. The molecule has 30 heavy (non-hydrogen) atoms. The number of ether oxygens (including phenoxy) is 1. The maximum atomic E-state index is 13.9. The van der Waals surface area contributed by atoms with E-state index in [2.05, 4.69) is 42.6 Å². The zero-order valence-corrected chi connectivity index (χ0v) is 18.5. The van der Waals surface area contributed by atoms with Crippen LogP contribution in [0, 0.1) is 16.7 Å². The van der Waals surface area contributed by atoms with Crippen molar-refractivity contribution < 1.29 is 9.53 Å². The molecular formula is C26H38N2O2. The highest BCUT2D eigenvalue weighted by molar-refractivity contribution is 5.84. The molecule has 1 amide bonds. The minimum Gasteiger partial charge on any atom is -0.381 e. The minimum absolute atomic E-state index is 0.129. The second kappa shape index (κ2) is 7.63. The number of carbonyl (C=O) groups excluding carboxylic acids is 1. The lowest BCUT2D eigenvalue weighted by molar-refractivity contribution is -0.172. The molecule has 1 aromatic carbocycles. The van der Waals surface area contributed by atoms with Crippen LogP contribution in [0.1, 0.15) is 76.7 Å². The van der Waals surface area contributed by atoms with E-state index in [1.54, 1.807) is 0 Å². The molecule has 6 rings (SSSR count). The molecule has 0 saturated heterocycles. The summed E-state index contributed by atoms with van der Waals surface area (Å²) in [7, 11) is 0. The van der Waals surface area contributed by atoms with Crippen molar-refractivity contribution in [3.8, 4) is 0 Å². The van der Waals surface area contributed by atoms with Crippen molar-refractivity contribution in [1.29, 1.82) is 0 Å². The Labute approximate surface area is 181 Å². The van der Waals surface area contributed by atoms with Crippen molar-refractivity contribution in [3.63, 3.8) is 0 Å². The van der Waals surface area contributed by atoms with E-state index in [4.69, 9.17) is 10.5 Å². The summed E-state index contributed by atoms with van der Waals surface area (Å²) in [6, 6.07) is 11.7. The third kappa shape index (κ3) is 3.50. The first kappa shape index (κ1) is 20.5. The van der Waals surface area contributed by atoms with Crippen molar-refractivity contribution in [2.75, 3.05) is 13.2 Å². The highest BCUT2D eigenvalue weighted by atomic mass is 16.5. The van der Waals surface area contributed by atoms with E-state index < -0.39 is 0 Å². The van der Waals surface area contributed by atoms with Gasteiger partial charge in [-0.1, -0.05) is 30.3 Å². The smallest absolute Gasteiger partial charge is 0.226 e. The zero-order chi connectivity index (χ0) is 20.8. The molecule has 5 aliphatic carbocycles. The number of amides is 1. The van der Waals surface area contributed by atoms with Crippen molar-refractivity contribution >= 4 is 5.91 Å². The van der Waals surface area contributed by atoms with Crippen molar-refractivity contribution in [3.05, 3.63) is 35.9 Å². The van der Waals surface area contributed by atoms with Crippen molar-refractivity contribution in [2.24, 2.45) is 22.5 Å². The summed E-state index contributed by atoms with van der Waals surface area (Å²) in [5.41, 5.74) is 7.58. The van der Waals surface area contributed by atoms with Crippen LogP contribution in [0.4, 0.5) is 0 Å². The van der Waals surface area contributed by atoms with Gasteiger partial charge in [-0.2, -0.15) is 0 Å². The predicted molar refractivity (Wildman–Crippen MR) is 119 cm³/mol. The molecule has 4 heteroatoms. The third-order valence-electron chi connectivity index (χ3n) is 8.77. The molecule has 4 atom stereocenters. The molecule has 164 valence electrons. The molecule has 0 heterocycles. The highest BCUT2D eigenvalue weighted by Crippen LogP contribution is 2.70. The molecule has 5 fully saturated rings. The van der Waals surface area contributed by atoms with Crippen LogP contribution in [-0.4, -0.2) is 31.2 Å². The molecule has 0 spiro atoms. The van der Waals surface area contributed by atoms with E-state index in [0.717, 1.165) is 58.2 Å². The van der Waals surface area contributed by atoms with Gasteiger partial charge in [0.1, 0.15) is 0 Å². The van der Waals surface area contributed by atoms with Gasteiger partial charge >= 0.3 is 0 Å². The lowest BCUT2D eigenvalue weighted by Crippen LogP contribution is -2.64. The molecule has 4 nitrogen and oxygen atoms in total. The zero-order valence-electron chi connectivity index (χ0n) is 18.5. The van der Waals surface area contributed by atoms with Crippen LogP contribution < -0.4 is 11.1 Å². The van der Waals surface area contributed by atoms with Crippen LogP contribution in [0.15, 0.2) is 30.3 Å². The number of hydrogen-bond donors (Lipinski definition) is 2. The second-order valence-corrected chi connectivity index (χ2v) is 11.2. The van der Waals surface area contributed by atoms with Gasteiger partial charge in [0.15, 0.2) is 0 Å². The van der Waals surface area contributed by atoms with E-state index in [-0.39, 0.29) is 16.2 Å². The fourth-order valence-corrected chi connectivity index (χ4v) is 8.09. The van der Waals surface area contributed by atoms with Crippen molar-refractivity contribution in [1.82, 2.24) is 5.32 Å². The predicted octanol–water partition coefficient (Wildman–Crippen LogP) is 4.32. The SMILES string of the molecule is CCOC[C@]12CC3CC(C(=O)NC4CCC(N)CC4)(C1)C[C@@](c1ccccc1)(C3)C2. The summed E-state index contributed by atoms with van der Waals surface area (Å²) >= 11 is 0. The molecule has 4 bridgehead atoms. The Morgan fingerprint density at radius 3 is 2.57 bits per heavy atom. The van der Waals surface area contributed by atoms with E-state index in [1.807, 2.05) is 0 Å². The molecule has 1 aromatic rings. The summed E-state index contributed by atoms with van der Waals surface area (Å²) in [6.07, 6.45) is 10.8. The van der Waals surface area contributed by atoms with Gasteiger partial charge in [0.05, 0.1) is 12.0 Å². The molecule has 5 aliphatic rings. The van der Waals surface area contributed by atoms with Gasteiger partial charge in [-0.25, -0.2) is 0 Å². The van der Waals surface area contributed by atoms with Crippen molar-refractivity contribution in [2.45, 2.75) is 88.6 Å². The number of nitrogens with one attached hydrogen (secondary N) is 1. The maximum Gasteiger partial charge on any atom is 0.226 e. The Balaban J connectivity index is 1.45. The van der Waals surface area contributed by atoms with E-state index in [1.165, 1.54) is 24.8 Å². The van der Waals surface area contributed by atoms with E-state index in [9.17, 15) is 4.79 Å². The highest BCUT2D eigenvalue weighted by Gasteiger charge is 2.66. The summed E-state index contributed by atoms with van der Waals surface area (Å²) in [5, 5.41) is 3.50. The number of benzene rings is 1. The molecule has 0 radical (unpaired) electrons. The Bertz CT molecular complexity index is 774. The largest absolute Gasteiger partial charge is 0.381 e. The van der Waals surface area contributed by atoms with Crippen LogP contribution in [0.2, 0.25) is 0 Å². The van der Waals surface area contributed by atoms with Gasteiger partial charge in [0, 0.05) is 18.7 Å². The van der Waals surface area contributed by atoms with Crippen LogP contribution in [0.5, 0.6) is 0 Å². The molecule has 2 unspecified atom stereocenters. The summed E-state index contributed by atoms with van der Waals surface area (Å²) < 4.78 is 6.04. The minimum atomic E-state index is -0.230. The van der Waals surface area contributed by atoms with Crippen LogP contribution in [0.3, 0.4) is 0 Å². The summed E-state index contributed by atoms with van der Waals surface area (Å²) in [4.78, 5) is 13.9. The molecule has 0 aromatic heterocycles. The average molecular weight is 411 g/mol. The van der Waals surface area contributed by atoms with Gasteiger partial charge in [0.2, 0.25) is 5.91 Å². The van der Waals surface area contributed by atoms with Gasteiger partial charge in [-0.15, -0.1) is 0 Å². The van der Waals surface area contributed by atoms with Crippen LogP contribution in [0.25, 0.3) is 0 Å². The maximum absolute atomic E-state index is 13.9. The summed E-state index contributed by atoms with van der Waals surface area (Å²) in [6.45, 7) is 3.65. The monoisotopic (exact) mass is 410 g/mol. The molecule has 3 N–H and O–H groups in total. The first-order chi connectivity index (χ1) is 14.5. The average Bonchev–Trinajstić information content (AvgIpc) is 2.74. The van der Waals surface area contributed by atoms with Crippen LogP contribution in [-0.2, 0) is 14.9 Å². The Kier molecular flexibility index (Phi) is 5.22. The second-order valence-electron chi connectivity index (χ2n) is 11.2. The van der Waals surface area contributed by atoms with Gasteiger partial charge in [-0.3, -0.25) is 4.79 Å². The standard InChI is InChI=1S/C26H38N2O2/c1-2-30-18-24-12-19-13-25(15-24,20-6-4-3-5-7-20)17-26(14-19,16-24)23(29)28-22-10-8-21(27)9-11-22/h3-7,19,21-22H,2,8-18,27H2,1H3,(H,28,29)/t19?,21?,22?,24-,25+,26?/m0/s1. The lowest BCUT2D eigenvalue weighted by atomic mass is 9.38. The van der Waals surface area contributed by atoms with Gasteiger partial charge in [0.25, 0.3) is 0 Å². The first-order valence-corrected chi connectivity index (χ1v) is 12.2. The molecular weight excluding hydrogens is 372 g/mol. The first-order valence-electron chi connectivity index (χ1n) is 12.2. The third-order valence-corrected chi connectivity index (χ3v) is 8.77. The fourth-order valence-electron chi connectivity index (χ4n) is 8.09. The quantitative estimate of drug-likeness (QED) is 0.734. The van der Waals surface area contributed by atoms with Gasteiger partial charge in [-0.05, 0) is 93.4 Å². The topological polar surface area (TPSA) is 64.3 Å². The normalized spacial score (nSPS) is 42.3. The number of nitrogens with two attached hydrogens (primary N) is 1. The number of carbonyl (C=O) groups is 1. The van der Waals surface area contributed by atoms with Gasteiger partial charge < -0.3 is 15.8 Å². The Hall–Kier alpha value is -1.39. The Morgan fingerprint density at radius 1 is 1.07 bits per heavy atom. The Morgan fingerprint density at radius 2 is 1.83 bits per heavy atom. The van der Waals surface area contributed by atoms with Crippen LogP contribution >= 0.6 is 0 Å². The summed E-state index contributed by atoms with van der Waals surface area (Å²) in [5.74, 6) is 0.959. The number of hydrogen-bond acceptors (Lipinski definition) is 3. The molecule has 5 saturated carbocycles. The van der Waals surface area contributed by atoms with E-state index in [0.29, 0.717) is 23.9 Å². The van der Waals surface area contributed by atoms with E-state index >= 15 is 0 Å². The lowest BCUT2D eigenvalue weighted by Gasteiger charge is -2.66.